The molecular formula is C8H6Cl2N2OS. The van der Waals surface area contributed by atoms with E-state index in [0.29, 0.717) is 21.0 Å². The molecule has 0 aliphatic carbocycles. The summed E-state index contributed by atoms with van der Waals surface area (Å²) in [5.41, 5.74) is 6.20. The Labute approximate surface area is 94.5 Å². The molecule has 2 rings (SSSR count). The van der Waals surface area contributed by atoms with Crippen LogP contribution in [-0.4, -0.2) is 11.4 Å². The van der Waals surface area contributed by atoms with Crippen molar-refractivity contribution >= 4 is 51.8 Å². The zero-order valence-electron chi connectivity index (χ0n) is 7.17. The van der Waals surface area contributed by atoms with Crippen molar-refractivity contribution in [3.8, 4) is 0 Å². The van der Waals surface area contributed by atoms with Crippen molar-refractivity contribution in [3.63, 3.8) is 0 Å². The Morgan fingerprint density at radius 2 is 2.21 bits per heavy atom. The maximum absolute atomic E-state index is 5.98. The van der Waals surface area contributed by atoms with Crippen molar-refractivity contribution in [2.24, 2.45) is 0 Å². The van der Waals surface area contributed by atoms with Gasteiger partial charge in [0, 0.05) is 0 Å². The monoisotopic (exact) mass is 248 g/mol. The lowest BCUT2D eigenvalue weighted by Gasteiger charge is -2.01. The van der Waals surface area contributed by atoms with Crippen molar-refractivity contribution in [2.75, 3.05) is 12.0 Å². The molecular weight excluding hydrogens is 243 g/mol. The largest absolute Gasteiger partial charge is 0.380 e. The van der Waals surface area contributed by atoms with Crippen molar-refractivity contribution in [2.45, 2.75) is 4.90 Å². The van der Waals surface area contributed by atoms with Gasteiger partial charge in [-0.05, 0) is 12.3 Å². The number of nitrogens with zero attached hydrogens (tertiary/aromatic N) is 1. The van der Waals surface area contributed by atoms with Gasteiger partial charge in [-0.15, -0.1) is 11.8 Å². The van der Waals surface area contributed by atoms with Gasteiger partial charge in [0.25, 0.3) is 0 Å². The second-order valence-electron chi connectivity index (χ2n) is 2.65. The predicted octanol–water partition coefficient (Wildman–Crippen LogP) is 3.44. The van der Waals surface area contributed by atoms with Crippen LogP contribution in [0, 0.1) is 0 Å². The van der Waals surface area contributed by atoms with Crippen LogP contribution in [0.2, 0.25) is 10.0 Å². The first-order valence-electron chi connectivity index (χ1n) is 3.72. The van der Waals surface area contributed by atoms with Gasteiger partial charge in [0.15, 0.2) is 11.4 Å². The zero-order chi connectivity index (χ0) is 10.3. The van der Waals surface area contributed by atoms with E-state index < -0.39 is 0 Å². The number of aromatic nitrogens is 1. The Kier molecular flexibility index (Phi) is 2.51. The summed E-state index contributed by atoms with van der Waals surface area (Å²) in [6, 6.07) is 1.74. The summed E-state index contributed by atoms with van der Waals surface area (Å²) in [6.45, 7) is 0. The summed E-state index contributed by atoms with van der Waals surface area (Å²) in [5, 5.41) is 5.08. The minimum atomic E-state index is 0.266. The van der Waals surface area contributed by atoms with Gasteiger partial charge < -0.3 is 10.3 Å². The normalized spacial score (nSPS) is 11.1. The molecule has 0 bridgehead atoms. The van der Waals surface area contributed by atoms with Crippen LogP contribution in [0.4, 0.5) is 5.82 Å². The predicted molar refractivity (Wildman–Crippen MR) is 60.2 cm³/mol. The molecule has 74 valence electrons. The molecule has 0 fully saturated rings. The van der Waals surface area contributed by atoms with Crippen LogP contribution in [0.5, 0.6) is 0 Å². The molecule has 1 aromatic carbocycles. The molecule has 2 N–H and O–H groups in total. The third-order valence-electron chi connectivity index (χ3n) is 1.85. The molecule has 3 nitrogen and oxygen atoms in total. The average molecular weight is 249 g/mol. The first-order chi connectivity index (χ1) is 6.65. The van der Waals surface area contributed by atoms with Gasteiger partial charge in [0.05, 0.1) is 20.3 Å². The average Bonchev–Trinajstić information content (AvgIpc) is 2.54. The minimum Gasteiger partial charge on any atom is -0.380 e. The highest BCUT2D eigenvalue weighted by atomic mass is 35.5. The van der Waals surface area contributed by atoms with Crippen LogP contribution in [0.25, 0.3) is 11.0 Å². The fraction of sp³-hybridized carbons (Fsp3) is 0.125. The van der Waals surface area contributed by atoms with E-state index in [1.54, 1.807) is 6.07 Å². The van der Waals surface area contributed by atoms with Crippen LogP contribution in [0.15, 0.2) is 15.5 Å². The molecule has 14 heavy (non-hydrogen) atoms. The maximum atomic E-state index is 5.98. The molecule has 0 saturated carbocycles. The first-order valence-corrected chi connectivity index (χ1v) is 5.70. The number of fused-ring (bicyclic) bond motifs is 1. The van der Waals surface area contributed by atoms with Gasteiger partial charge in [-0.2, -0.15) is 0 Å². The Morgan fingerprint density at radius 3 is 2.86 bits per heavy atom. The molecule has 1 heterocycles. The van der Waals surface area contributed by atoms with Crippen LogP contribution in [0.1, 0.15) is 0 Å². The topological polar surface area (TPSA) is 52.0 Å². The second-order valence-corrected chi connectivity index (χ2v) is 4.28. The highest BCUT2D eigenvalue weighted by Gasteiger charge is 2.16. The number of hydrogen-bond donors (Lipinski definition) is 1. The van der Waals surface area contributed by atoms with E-state index >= 15 is 0 Å². The molecule has 0 radical (unpaired) electrons. The molecule has 0 unspecified atom stereocenters. The summed E-state index contributed by atoms with van der Waals surface area (Å²) in [6.07, 6.45) is 1.91. The molecule has 0 saturated heterocycles. The molecule has 1 aromatic heterocycles. The van der Waals surface area contributed by atoms with Crippen LogP contribution < -0.4 is 5.73 Å². The number of benzene rings is 1. The summed E-state index contributed by atoms with van der Waals surface area (Å²) in [5.74, 6) is 0.266. The summed E-state index contributed by atoms with van der Waals surface area (Å²) in [4.78, 5) is 0.874. The number of nitrogen functional groups attached to an aromatic ring is 1. The molecule has 0 atom stereocenters. The Bertz CT molecular complexity index is 498. The van der Waals surface area contributed by atoms with Gasteiger partial charge in [0.2, 0.25) is 0 Å². The van der Waals surface area contributed by atoms with E-state index in [2.05, 4.69) is 5.16 Å². The van der Waals surface area contributed by atoms with Gasteiger partial charge in [-0.1, -0.05) is 28.4 Å². The van der Waals surface area contributed by atoms with Gasteiger partial charge >= 0.3 is 0 Å². The summed E-state index contributed by atoms with van der Waals surface area (Å²) < 4.78 is 5.07. The summed E-state index contributed by atoms with van der Waals surface area (Å²) >= 11 is 13.4. The van der Waals surface area contributed by atoms with E-state index in [1.165, 1.54) is 11.8 Å². The van der Waals surface area contributed by atoms with E-state index in [9.17, 15) is 0 Å². The molecule has 0 amide bonds. The second kappa shape index (κ2) is 3.53. The van der Waals surface area contributed by atoms with E-state index in [4.69, 9.17) is 33.5 Å². The van der Waals surface area contributed by atoms with Gasteiger partial charge in [0.1, 0.15) is 0 Å². The fourth-order valence-corrected chi connectivity index (χ4v) is 2.26. The number of anilines is 1. The Morgan fingerprint density at radius 1 is 1.50 bits per heavy atom. The van der Waals surface area contributed by atoms with Crippen molar-refractivity contribution in [3.05, 3.63) is 16.1 Å². The molecule has 0 aliphatic rings. The van der Waals surface area contributed by atoms with Crippen LogP contribution >= 0.6 is 35.0 Å². The SMILES string of the molecule is CSc1cc(Cl)c(Cl)c2c(N)noc12. The molecule has 6 heteroatoms. The Hall–Kier alpha value is -0.580. The Balaban J connectivity index is 2.92. The highest BCUT2D eigenvalue weighted by Crippen LogP contribution is 2.39. The smallest absolute Gasteiger partial charge is 0.184 e. The quantitative estimate of drug-likeness (QED) is 0.786. The lowest BCUT2D eigenvalue weighted by atomic mass is 10.2. The fourth-order valence-electron chi connectivity index (χ4n) is 1.20. The number of nitrogens with two attached hydrogens (primary N) is 1. The van der Waals surface area contributed by atoms with E-state index in [0.717, 1.165) is 4.90 Å². The lowest BCUT2D eigenvalue weighted by molar-refractivity contribution is 0.456. The number of thioether (sulfide) groups is 1. The minimum absolute atomic E-state index is 0.266. The molecule has 0 spiro atoms. The van der Waals surface area contributed by atoms with Gasteiger partial charge in [-0.3, -0.25) is 0 Å². The van der Waals surface area contributed by atoms with Gasteiger partial charge in [-0.25, -0.2) is 0 Å². The molecule has 0 aliphatic heterocycles. The zero-order valence-corrected chi connectivity index (χ0v) is 9.50. The third kappa shape index (κ3) is 1.34. The van der Waals surface area contributed by atoms with Crippen LogP contribution in [-0.2, 0) is 0 Å². The van der Waals surface area contributed by atoms with Crippen molar-refractivity contribution in [1.29, 1.82) is 0 Å². The number of hydrogen-bond acceptors (Lipinski definition) is 4. The van der Waals surface area contributed by atoms with E-state index in [1.807, 2.05) is 6.26 Å². The highest BCUT2D eigenvalue weighted by molar-refractivity contribution is 7.98. The maximum Gasteiger partial charge on any atom is 0.184 e. The first kappa shape index (κ1) is 9.96. The molecule has 2 aromatic rings. The van der Waals surface area contributed by atoms with Crippen molar-refractivity contribution < 1.29 is 4.52 Å². The van der Waals surface area contributed by atoms with Crippen LogP contribution in [0.3, 0.4) is 0 Å². The van der Waals surface area contributed by atoms with E-state index in [-0.39, 0.29) is 5.82 Å². The summed E-state index contributed by atoms with van der Waals surface area (Å²) in [7, 11) is 0. The number of halogens is 2. The third-order valence-corrected chi connectivity index (χ3v) is 3.38. The standard InChI is InChI=1S/C8H6Cl2N2OS/c1-14-4-2-3(9)6(10)5-7(4)13-12-8(5)11/h2H,1H3,(H2,11,12). The lowest BCUT2D eigenvalue weighted by Crippen LogP contribution is -1.85. The number of rotatable bonds is 1. The van der Waals surface area contributed by atoms with Crippen molar-refractivity contribution in [1.82, 2.24) is 5.16 Å².